The highest BCUT2D eigenvalue weighted by Crippen LogP contribution is 2.25. The van der Waals surface area contributed by atoms with E-state index in [4.69, 9.17) is 11.6 Å². The molecular weight excluding hydrogens is 216 g/mol. The Morgan fingerprint density at radius 2 is 2.00 bits per heavy atom. The second-order valence-electron chi connectivity index (χ2n) is 3.52. The monoisotopic (exact) mass is 230 g/mol. The van der Waals surface area contributed by atoms with Crippen LogP contribution in [-0.2, 0) is 5.75 Å². The van der Waals surface area contributed by atoms with Crippen LogP contribution >= 0.6 is 23.4 Å². The minimum absolute atomic E-state index is 0.380. The molecule has 0 spiro atoms. The lowest BCUT2D eigenvalue weighted by atomic mass is 10.0. The van der Waals surface area contributed by atoms with Crippen molar-refractivity contribution in [1.29, 1.82) is 0 Å². The average molecular weight is 231 g/mol. The molecule has 0 amide bonds. The number of rotatable bonds is 3. The Labute approximate surface area is 94.5 Å². The Morgan fingerprint density at radius 1 is 1.36 bits per heavy atom. The molecule has 0 aromatic carbocycles. The highest BCUT2D eigenvalue weighted by atomic mass is 35.5. The lowest BCUT2D eigenvalue weighted by Gasteiger charge is -2.11. The number of thioether (sulfide) groups is 1. The van der Waals surface area contributed by atoms with E-state index < -0.39 is 0 Å². The third-order valence-electron chi connectivity index (χ3n) is 1.99. The summed E-state index contributed by atoms with van der Waals surface area (Å²) >= 11 is 7.81. The number of halogens is 1. The van der Waals surface area contributed by atoms with Gasteiger partial charge in [-0.15, -0.1) is 0 Å². The first-order chi connectivity index (χ1) is 6.56. The van der Waals surface area contributed by atoms with Crippen molar-refractivity contribution in [3.05, 3.63) is 22.2 Å². The molecule has 0 aliphatic rings. The fourth-order valence-corrected chi connectivity index (χ4v) is 2.29. The van der Waals surface area contributed by atoms with Gasteiger partial charge in [0.2, 0.25) is 0 Å². The summed E-state index contributed by atoms with van der Waals surface area (Å²) in [6.07, 6.45) is 2.03. The van der Waals surface area contributed by atoms with Crippen LogP contribution in [0.25, 0.3) is 0 Å². The summed E-state index contributed by atoms with van der Waals surface area (Å²) in [6, 6.07) is 0. The standard InChI is InChI=1S/C10H15ClN2S/c1-6(2)9-7(3)12-8(5-14-4)13-10(9)11/h6H,5H2,1-4H3. The van der Waals surface area contributed by atoms with E-state index in [-0.39, 0.29) is 0 Å². The van der Waals surface area contributed by atoms with Crippen LogP contribution in [0.1, 0.15) is 36.8 Å². The fourth-order valence-electron chi connectivity index (χ4n) is 1.45. The van der Waals surface area contributed by atoms with Crippen molar-refractivity contribution in [2.24, 2.45) is 0 Å². The maximum absolute atomic E-state index is 6.11. The molecule has 0 saturated heterocycles. The molecular formula is C10H15ClN2S. The highest BCUT2D eigenvalue weighted by Gasteiger charge is 2.12. The minimum Gasteiger partial charge on any atom is -0.237 e. The molecule has 1 heterocycles. The first kappa shape index (κ1) is 11.8. The maximum Gasteiger partial charge on any atom is 0.140 e. The largest absolute Gasteiger partial charge is 0.237 e. The lowest BCUT2D eigenvalue weighted by Crippen LogP contribution is -2.03. The molecule has 0 atom stereocenters. The normalized spacial score (nSPS) is 11.0. The van der Waals surface area contributed by atoms with E-state index in [0.29, 0.717) is 11.1 Å². The van der Waals surface area contributed by atoms with Gasteiger partial charge in [-0.3, -0.25) is 0 Å². The zero-order chi connectivity index (χ0) is 10.7. The summed E-state index contributed by atoms with van der Waals surface area (Å²) in [6.45, 7) is 6.20. The van der Waals surface area contributed by atoms with E-state index >= 15 is 0 Å². The topological polar surface area (TPSA) is 25.8 Å². The van der Waals surface area contributed by atoms with Gasteiger partial charge >= 0.3 is 0 Å². The summed E-state index contributed by atoms with van der Waals surface area (Å²) < 4.78 is 0. The third kappa shape index (κ3) is 2.61. The third-order valence-corrected chi connectivity index (χ3v) is 2.82. The first-order valence-corrected chi connectivity index (χ1v) is 6.35. The highest BCUT2D eigenvalue weighted by molar-refractivity contribution is 7.97. The molecule has 14 heavy (non-hydrogen) atoms. The molecule has 78 valence electrons. The van der Waals surface area contributed by atoms with Crippen LogP contribution in [0, 0.1) is 6.92 Å². The van der Waals surface area contributed by atoms with Gasteiger partial charge in [0.25, 0.3) is 0 Å². The SMILES string of the molecule is CSCc1nc(C)c(C(C)C)c(Cl)n1. The van der Waals surface area contributed by atoms with Gasteiger partial charge in [-0.1, -0.05) is 25.4 Å². The molecule has 1 rings (SSSR count). The fraction of sp³-hybridized carbons (Fsp3) is 0.600. The van der Waals surface area contributed by atoms with E-state index in [2.05, 4.69) is 23.8 Å². The van der Waals surface area contributed by atoms with Crippen molar-refractivity contribution in [2.75, 3.05) is 6.26 Å². The predicted molar refractivity (Wildman–Crippen MR) is 63.1 cm³/mol. The van der Waals surface area contributed by atoms with E-state index in [1.54, 1.807) is 11.8 Å². The van der Waals surface area contributed by atoms with Crippen LogP contribution in [0.2, 0.25) is 5.15 Å². The molecule has 0 bridgehead atoms. The molecule has 0 fully saturated rings. The van der Waals surface area contributed by atoms with Crippen LogP contribution in [-0.4, -0.2) is 16.2 Å². The van der Waals surface area contributed by atoms with Gasteiger partial charge in [-0.05, 0) is 19.1 Å². The number of nitrogens with zero attached hydrogens (tertiary/aromatic N) is 2. The molecule has 0 saturated carbocycles. The molecule has 2 nitrogen and oxygen atoms in total. The van der Waals surface area contributed by atoms with E-state index in [1.165, 1.54) is 0 Å². The molecule has 0 aliphatic carbocycles. The zero-order valence-corrected chi connectivity index (χ0v) is 10.5. The zero-order valence-electron chi connectivity index (χ0n) is 8.97. The number of hydrogen-bond donors (Lipinski definition) is 0. The molecule has 0 aliphatic heterocycles. The second kappa shape index (κ2) is 4.99. The van der Waals surface area contributed by atoms with Gasteiger partial charge in [-0.25, -0.2) is 9.97 Å². The quantitative estimate of drug-likeness (QED) is 0.745. The maximum atomic E-state index is 6.11. The number of hydrogen-bond acceptors (Lipinski definition) is 3. The second-order valence-corrected chi connectivity index (χ2v) is 4.74. The van der Waals surface area contributed by atoms with E-state index in [0.717, 1.165) is 22.8 Å². The Morgan fingerprint density at radius 3 is 2.43 bits per heavy atom. The summed E-state index contributed by atoms with van der Waals surface area (Å²) in [4.78, 5) is 8.71. The van der Waals surface area contributed by atoms with Gasteiger partial charge in [0.05, 0.1) is 5.75 Å². The summed E-state index contributed by atoms with van der Waals surface area (Å²) in [5.74, 6) is 2.02. The Balaban J connectivity index is 3.11. The van der Waals surface area contributed by atoms with E-state index in [9.17, 15) is 0 Å². The van der Waals surface area contributed by atoms with Gasteiger partial charge in [0.15, 0.2) is 0 Å². The number of aryl methyl sites for hydroxylation is 1. The van der Waals surface area contributed by atoms with Gasteiger partial charge < -0.3 is 0 Å². The Bertz CT molecular complexity index is 303. The van der Waals surface area contributed by atoms with Crippen LogP contribution < -0.4 is 0 Å². The van der Waals surface area contributed by atoms with Gasteiger partial charge in [-0.2, -0.15) is 11.8 Å². The van der Waals surface area contributed by atoms with Crippen molar-refractivity contribution in [2.45, 2.75) is 32.4 Å². The van der Waals surface area contributed by atoms with Crippen molar-refractivity contribution in [3.8, 4) is 0 Å². The minimum atomic E-state index is 0.380. The molecule has 1 aromatic heterocycles. The van der Waals surface area contributed by atoms with Crippen LogP contribution in [0.4, 0.5) is 0 Å². The molecule has 0 N–H and O–H groups in total. The van der Waals surface area contributed by atoms with Crippen LogP contribution in [0.15, 0.2) is 0 Å². The summed E-state index contributed by atoms with van der Waals surface area (Å²) in [5.41, 5.74) is 2.07. The molecule has 0 unspecified atom stereocenters. The molecule has 0 radical (unpaired) electrons. The Hall–Kier alpha value is -0.280. The van der Waals surface area contributed by atoms with Crippen molar-refractivity contribution in [1.82, 2.24) is 9.97 Å². The van der Waals surface area contributed by atoms with Crippen LogP contribution in [0.3, 0.4) is 0 Å². The predicted octanol–water partition coefficient (Wildman–Crippen LogP) is 3.42. The number of aromatic nitrogens is 2. The average Bonchev–Trinajstić information content (AvgIpc) is 2.01. The van der Waals surface area contributed by atoms with Gasteiger partial charge in [0, 0.05) is 11.3 Å². The summed E-state index contributed by atoms with van der Waals surface area (Å²) in [7, 11) is 0. The smallest absolute Gasteiger partial charge is 0.140 e. The van der Waals surface area contributed by atoms with Crippen molar-refractivity contribution < 1.29 is 0 Å². The van der Waals surface area contributed by atoms with Crippen molar-refractivity contribution in [3.63, 3.8) is 0 Å². The first-order valence-electron chi connectivity index (χ1n) is 4.58. The van der Waals surface area contributed by atoms with Crippen LogP contribution in [0.5, 0.6) is 0 Å². The lowest BCUT2D eigenvalue weighted by molar-refractivity contribution is 0.817. The molecule has 1 aromatic rings. The summed E-state index contributed by atoms with van der Waals surface area (Å²) in [5, 5.41) is 0.608. The van der Waals surface area contributed by atoms with Crippen molar-refractivity contribution >= 4 is 23.4 Å². The molecule has 4 heteroatoms. The Kier molecular flexibility index (Phi) is 4.20. The van der Waals surface area contributed by atoms with Gasteiger partial charge in [0.1, 0.15) is 11.0 Å². The van der Waals surface area contributed by atoms with E-state index in [1.807, 2.05) is 13.2 Å².